The molecule has 0 aromatic heterocycles. The van der Waals surface area contributed by atoms with Gasteiger partial charge in [-0.2, -0.15) is 0 Å². The Morgan fingerprint density at radius 2 is 0.889 bits per heavy atom. The van der Waals surface area contributed by atoms with E-state index in [0.29, 0.717) is 0 Å². The minimum absolute atomic E-state index is 0.0532. The lowest BCUT2D eigenvalue weighted by Crippen LogP contribution is -2.15. The van der Waals surface area contributed by atoms with E-state index < -0.39 is 0 Å². The Kier molecular flexibility index (Phi) is 8.02. The first kappa shape index (κ1) is 17.2. The molecule has 1 heterocycles. The molecular weight excluding hydrogens is 348 g/mol. The highest BCUT2D eigenvalue weighted by Gasteiger charge is 2.34. The molecule has 0 radical (unpaired) electrons. The van der Waals surface area contributed by atoms with Crippen molar-refractivity contribution in [2.75, 3.05) is 0 Å². The van der Waals surface area contributed by atoms with Crippen LogP contribution in [0, 0.1) is 0 Å². The lowest BCUT2D eigenvalue weighted by atomic mass is 10.9. The number of rotatable bonds is 3. The topological polar surface area (TPSA) is 51.2 Å². The Hall–Kier alpha value is 1.11. The van der Waals surface area contributed by atoms with Gasteiger partial charge in [0.05, 0.1) is 0 Å². The Labute approximate surface area is 132 Å². The molecule has 0 saturated carbocycles. The first-order valence-corrected chi connectivity index (χ1v) is 10.3. The van der Waals surface area contributed by atoms with Crippen LogP contribution in [0.25, 0.3) is 0 Å². The van der Waals surface area contributed by atoms with E-state index in [1.807, 2.05) is 0 Å². The molecular formula is C9H12O3S6. The highest BCUT2D eigenvalue weighted by molar-refractivity contribution is 8.54. The van der Waals surface area contributed by atoms with Gasteiger partial charge in [-0.15, -0.1) is 35.3 Å². The summed E-state index contributed by atoms with van der Waals surface area (Å²) in [5, 5.41) is 0.181. The second-order valence-corrected chi connectivity index (χ2v) is 13.3. The van der Waals surface area contributed by atoms with Crippen molar-refractivity contribution in [3.8, 4) is 0 Å². The Balaban J connectivity index is 2.62. The number of carbonyl (C=O) groups is 3. The normalized spacial score (nSPS) is 27.8. The molecule has 1 aliphatic heterocycles. The summed E-state index contributed by atoms with van der Waals surface area (Å²) in [5.41, 5.74) is 0. The van der Waals surface area contributed by atoms with E-state index >= 15 is 0 Å². The van der Waals surface area contributed by atoms with Crippen molar-refractivity contribution in [2.45, 2.75) is 32.5 Å². The van der Waals surface area contributed by atoms with Crippen LogP contribution < -0.4 is 0 Å². The Morgan fingerprint density at radius 3 is 1.06 bits per heavy atom. The summed E-state index contributed by atoms with van der Waals surface area (Å²) >= 11 is 8.60. The maximum absolute atomic E-state index is 11.2. The lowest BCUT2D eigenvalue weighted by Gasteiger charge is -2.30. The van der Waals surface area contributed by atoms with E-state index in [4.69, 9.17) is 0 Å². The van der Waals surface area contributed by atoms with Crippen molar-refractivity contribution >= 4 is 85.9 Å². The maximum Gasteiger partial charge on any atom is 0.187 e. The van der Waals surface area contributed by atoms with Crippen molar-refractivity contribution in [3.05, 3.63) is 0 Å². The van der Waals surface area contributed by atoms with E-state index in [-0.39, 0.29) is 27.1 Å². The van der Waals surface area contributed by atoms with Crippen LogP contribution in [0.3, 0.4) is 0 Å². The molecule has 0 amide bonds. The molecule has 0 atom stereocenters. The molecule has 0 aliphatic carbocycles. The van der Waals surface area contributed by atoms with E-state index in [1.54, 1.807) is 35.3 Å². The van der Waals surface area contributed by atoms with Crippen LogP contribution in [0.4, 0.5) is 0 Å². The summed E-state index contributed by atoms with van der Waals surface area (Å²) in [5.74, 6) is 0. The molecule has 0 aromatic carbocycles. The van der Waals surface area contributed by atoms with E-state index in [1.165, 1.54) is 56.1 Å². The highest BCUT2D eigenvalue weighted by Crippen LogP contribution is 2.57. The number of hydrogen-bond acceptors (Lipinski definition) is 9. The fraction of sp³-hybridized carbons (Fsp3) is 0.667. The number of hydrogen-bond donors (Lipinski definition) is 0. The lowest BCUT2D eigenvalue weighted by molar-refractivity contribution is -0.109. The molecule has 0 bridgehead atoms. The van der Waals surface area contributed by atoms with E-state index in [9.17, 15) is 14.4 Å². The zero-order valence-corrected chi connectivity index (χ0v) is 14.8. The molecule has 1 aliphatic rings. The van der Waals surface area contributed by atoms with Crippen LogP contribution in [-0.4, -0.2) is 27.1 Å². The first-order chi connectivity index (χ1) is 8.36. The van der Waals surface area contributed by atoms with Gasteiger partial charge in [0.15, 0.2) is 15.3 Å². The summed E-state index contributed by atoms with van der Waals surface area (Å²) in [7, 11) is 0. The van der Waals surface area contributed by atoms with Gasteiger partial charge in [0, 0.05) is 20.8 Å². The van der Waals surface area contributed by atoms with Gasteiger partial charge in [-0.3, -0.25) is 14.4 Å². The SMILES string of the molecule is CC(=O)SC1SC(SC(C)=O)SC(SC(C)=O)S1. The fourth-order valence-corrected chi connectivity index (χ4v) is 13.4. The molecule has 0 spiro atoms. The fourth-order valence-electron chi connectivity index (χ4n) is 0.942. The standard InChI is InChI=1S/C9H12O3S6/c1-4(10)13-7-16-8(14-5(2)11)18-9(17-7)15-6(3)12/h7-9H,1-3H3. The van der Waals surface area contributed by atoms with E-state index in [2.05, 4.69) is 0 Å². The molecule has 0 N–H and O–H groups in total. The first-order valence-electron chi connectivity index (χ1n) is 4.85. The third kappa shape index (κ3) is 7.04. The highest BCUT2D eigenvalue weighted by atomic mass is 32.3. The molecule has 0 unspecified atom stereocenters. The van der Waals surface area contributed by atoms with E-state index in [0.717, 1.165) is 0 Å². The van der Waals surface area contributed by atoms with Crippen molar-refractivity contribution in [3.63, 3.8) is 0 Å². The van der Waals surface area contributed by atoms with Crippen LogP contribution in [0.5, 0.6) is 0 Å². The summed E-state index contributed by atoms with van der Waals surface area (Å²) in [6.07, 6.45) is 0. The number of carbonyl (C=O) groups excluding carboxylic acids is 3. The molecule has 18 heavy (non-hydrogen) atoms. The number of thioether (sulfide) groups is 6. The van der Waals surface area contributed by atoms with Crippen LogP contribution in [0.2, 0.25) is 0 Å². The van der Waals surface area contributed by atoms with Gasteiger partial charge in [0.25, 0.3) is 0 Å². The monoisotopic (exact) mass is 360 g/mol. The minimum Gasteiger partial charge on any atom is -0.287 e. The molecule has 9 heteroatoms. The second-order valence-electron chi connectivity index (χ2n) is 3.10. The van der Waals surface area contributed by atoms with Gasteiger partial charge in [-0.25, -0.2) is 0 Å². The van der Waals surface area contributed by atoms with Crippen molar-refractivity contribution in [1.29, 1.82) is 0 Å². The van der Waals surface area contributed by atoms with Crippen LogP contribution >= 0.6 is 70.6 Å². The van der Waals surface area contributed by atoms with Crippen molar-refractivity contribution in [2.24, 2.45) is 0 Å². The molecule has 1 saturated heterocycles. The maximum atomic E-state index is 11.2. The largest absolute Gasteiger partial charge is 0.287 e. The summed E-state index contributed by atoms with van der Waals surface area (Å²) in [4.78, 5) is 33.5. The molecule has 1 fully saturated rings. The summed E-state index contributed by atoms with van der Waals surface area (Å²) < 4.78 is 0.160. The molecule has 1 rings (SSSR count). The van der Waals surface area contributed by atoms with Crippen LogP contribution in [-0.2, 0) is 14.4 Å². The Bertz CT molecular complexity index is 289. The summed E-state index contributed by atoms with van der Waals surface area (Å²) in [6.45, 7) is 4.61. The molecule has 102 valence electrons. The summed E-state index contributed by atoms with van der Waals surface area (Å²) in [6, 6.07) is 0. The van der Waals surface area contributed by atoms with Crippen molar-refractivity contribution in [1.82, 2.24) is 0 Å². The third-order valence-corrected chi connectivity index (χ3v) is 10.1. The van der Waals surface area contributed by atoms with Crippen molar-refractivity contribution < 1.29 is 14.4 Å². The van der Waals surface area contributed by atoms with Gasteiger partial charge >= 0.3 is 0 Å². The molecule has 0 aromatic rings. The van der Waals surface area contributed by atoms with Crippen LogP contribution in [0.15, 0.2) is 0 Å². The predicted molar refractivity (Wildman–Crippen MR) is 89.0 cm³/mol. The Morgan fingerprint density at radius 1 is 0.667 bits per heavy atom. The van der Waals surface area contributed by atoms with Gasteiger partial charge < -0.3 is 0 Å². The van der Waals surface area contributed by atoms with Crippen LogP contribution in [0.1, 0.15) is 20.8 Å². The average molecular weight is 361 g/mol. The van der Waals surface area contributed by atoms with Gasteiger partial charge in [0.1, 0.15) is 11.7 Å². The van der Waals surface area contributed by atoms with Gasteiger partial charge in [-0.05, 0) is 0 Å². The van der Waals surface area contributed by atoms with Gasteiger partial charge in [-0.1, -0.05) is 35.3 Å². The predicted octanol–water partition coefficient (Wildman–Crippen LogP) is 3.89. The zero-order valence-electron chi connectivity index (χ0n) is 9.91. The zero-order chi connectivity index (χ0) is 13.7. The van der Waals surface area contributed by atoms with Gasteiger partial charge in [0.2, 0.25) is 0 Å². The minimum atomic E-state index is 0.0532. The third-order valence-electron chi connectivity index (χ3n) is 1.45. The average Bonchev–Trinajstić information content (AvgIpc) is 2.12. The molecule has 3 nitrogen and oxygen atoms in total. The second kappa shape index (κ2) is 8.41. The quantitative estimate of drug-likeness (QED) is 0.746. The smallest absolute Gasteiger partial charge is 0.187 e.